The number of carboxylic acids is 1. The number of primary amides is 1. The molecule has 13 heteroatoms. The molecule has 5 N–H and O–H groups in total. The maximum absolute atomic E-state index is 12.9. The molecule has 1 rings (SSSR count). The van der Waals surface area contributed by atoms with E-state index >= 15 is 0 Å². The van der Waals surface area contributed by atoms with Gasteiger partial charge < -0.3 is 30.9 Å². The number of ether oxygens (including phenoxy) is 1. The smallest absolute Gasteiger partial charge is 0.334 e. The molecule has 0 fully saturated rings. The molecule has 0 saturated heterocycles. The molecule has 0 heterocycles. The van der Waals surface area contributed by atoms with Crippen molar-refractivity contribution < 1.29 is 34.1 Å². The standard InChI is InChI=1S/C15H16I3N3O7/c1-21(3-5(22)15(26)27)14(25)8-9(16)7(13(19)24)10(17)12(11(8)18)20-6(23)4-28-2/h5,22H,3-4H2,1-2H3,(H2,19,24)(H,20,23)(H,26,27). The van der Waals surface area contributed by atoms with E-state index < -0.39 is 36.3 Å². The number of carbonyl (C=O) groups excluding carboxylic acids is 3. The number of rotatable bonds is 8. The lowest BCUT2D eigenvalue weighted by Crippen LogP contribution is -2.39. The van der Waals surface area contributed by atoms with E-state index in [1.165, 1.54) is 14.2 Å². The summed E-state index contributed by atoms with van der Waals surface area (Å²) in [6, 6.07) is 0. The molecule has 0 aliphatic heterocycles. The summed E-state index contributed by atoms with van der Waals surface area (Å²) in [4.78, 5) is 48.7. The first-order chi connectivity index (χ1) is 12.9. The maximum atomic E-state index is 12.9. The normalized spacial score (nSPS) is 11.6. The predicted octanol–water partition coefficient (Wildman–Crippen LogP) is 0.702. The van der Waals surface area contributed by atoms with Crippen molar-refractivity contribution in [2.24, 2.45) is 5.73 Å². The number of carboxylic acid groups (broad SMARTS) is 1. The summed E-state index contributed by atoms with van der Waals surface area (Å²) in [5.74, 6) is -3.41. The molecule has 10 nitrogen and oxygen atoms in total. The van der Waals surface area contributed by atoms with Crippen LogP contribution >= 0.6 is 67.8 Å². The van der Waals surface area contributed by atoms with E-state index in [9.17, 15) is 24.3 Å². The summed E-state index contributed by atoms with van der Waals surface area (Å²) in [5.41, 5.74) is 5.78. The van der Waals surface area contributed by atoms with Crippen LogP contribution in [0.25, 0.3) is 0 Å². The number of aliphatic hydroxyl groups is 1. The van der Waals surface area contributed by atoms with Gasteiger partial charge in [0, 0.05) is 17.7 Å². The Balaban J connectivity index is 3.54. The predicted molar refractivity (Wildman–Crippen MR) is 124 cm³/mol. The summed E-state index contributed by atoms with van der Waals surface area (Å²) < 4.78 is 5.72. The molecule has 0 bridgehead atoms. The number of nitrogens with zero attached hydrogens (tertiary/aromatic N) is 1. The molecular weight excluding hydrogens is 715 g/mol. The molecule has 3 amide bonds. The van der Waals surface area contributed by atoms with Crippen molar-refractivity contribution in [3.63, 3.8) is 0 Å². The number of carbonyl (C=O) groups is 4. The number of anilines is 1. The van der Waals surface area contributed by atoms with Crippen LogP contribution in [-0.4, -0.2) is 72.2 Å². The number of benzene rings is 1. The van der Waals surface area contributed by atoms with Crippen molar-refractivity contribution in [2.75, 3.05) is 32.6 Å². The lowest BCUT2D eigenvalue weighted by atomic mass is 10.1. The third-order valence-electron chi connectivity index (χ3n) is 3.40. The van der Waals surface area contributed by atoms with E-state index in [1.54, 1.807) is 22.6 Å². The van der Waals surface area contributed by atoms with Crippen molar-refractivity contribution in [2.45, 2.75) is 6.10 Å². The molecule has 1 unspecified atom stereocenters. The second-order valence-corrected chi connectivity index (χ2v) is 8.69. The van der Waals surface area contributed by atoms with E-state index in [-0.39, 0.29) is 27.0 Å². The van der Waals surface area contributed by atoms with Gasteiger partial charge in [0.2, 0.25) is 5.91 Å². The largest absolute Gasteiger partial charge is 0.479 e. The molecule has 28 heavy (non-hydrogen) atoms. The second-order valence-electron chi connectivity index (χ2n) is 5.45. The zero-order chi connectivity index (χ0) is 21.8. The van der Waals surface area contributed by atoms with Crippen LogP contribution in [0.2, 0.25) is 0 Å². The lowest BCUT2D eigenvalue weighted by molar-refractivity contribution is -0.147. The van der Waals surface area contributed by atoms with Crippen molar-refractivity contribution >= 4 is 97.2 Å². The van der Waals surface area contributed by atoms with Gasteiger partial charge in [0.15, 0.2) is 6.10 Å². The molecule has 0 spiro atoms. The van der Waals surface area contributed by atoms with Gasteiger partial charge in [0.05, 0.1) is 30.5 Å². The van der Waals surface area contributed by atoms with Gasteiger partial charge in [-0.3, -0.25) is 14.4 Å². The molecule has 0 aromatic heterocycles. The molecule has 1 aromatic rings. The van der Waals surface area contributed by atoms with Crippen LogP contribution in [0, 0.1) is 10.7 Å². The van der Waals surface area contributed by atoms with E-state index in [1.807, 2.05) is 45.2 Å². The van der Waals surface area contributed by atoms with Crippen LogP contribution in [0.5, 0.6) is 0 Å². The summed E-state index contributed by atoms with van der Waals surface area (Å²) in [5, 5.41) is 20.9. The number of nitrogens with one attached hydrogen (secondary N) is 1. The number of methoxy groups -OCH3 is 1. The van der Waals surface area contributed by atoms with Crippen LogP contribution < -0.4 is 11.1 Å². The SMILES string of the molecule is COCC(=O)Nc1c(I)c(C(N)=O)c(I)c(C(=O)N(C)CC(O)C(=O)O)c1I. The van der Waals surface area contributed by atoms with Crippen molar-refractivity contribution in [1.29, 1.82) is 0 Å². The first-order valence-corrected chi connectivity index (χ1v) is 10.6. The zero-order valence-corrected chi connectivity index (χ0v) is 21.1. The fourth-order valence-electron chi connectivity index (χ4n) is 2.10. The third-order valence-corrected chi connectivity index (χ3v) is 6.63. The highest BCUT2D eigenvalue weighted by atomic mass is 127. The Morgan fingerprint density at radius 1 is 1.14 bits per heavy atom. The topological polar surface area (TPSA) is 159 Å². The Bertz CT molecular complexity index is 832. The number of hydrogen-bond acceptors (Lipinski definition) is 6. The average molecular weight is 731 g/mol. The van der Waals surface area contributed by atoms with Crippen LogP contribution in [-0.2, 0) is 14.3 Å². The fraction of sp³-hybridized carbons (Fsp3) is 0.333. The van der Waals surface area contributed by atoms with Gasteiger partial charge in [0.25, 0.3) is 11.8 Å². The van der Waals surface area contributed by atoms with Gasteiger partial charge in [-0.15, -0.1) is 0 Å². The number of aliphatic carboxylic acids is 1. The Morgan fingerprint density at radius 2 is 1.68 bits per heavy atom. The van der Waals surface area contributed by atoms with Crippen LogP contribution in [0.15, 0.2) is 0 Å². The van der Waals surface area contributed by atoms with E-state index in [4.69, 9.17) is 15.6 Å². The van der Waals surface area contributed by atoms with Crippen LogP contribution in [0.4, 0.5) is 5.69 Å². The summed E-state index contributed by atoms with van der Waals surface area (Å²) >= 11 is 5.49. The zero-order valence-electron chi connectivity index (χ0n) is 14.6. The summed E-state index contributed by atoms with van der Waals surface area (Å²) in [6.07, 6.45) is -1.77. The summed E-state index contributed by atoms with van der Waals surface area (Å²) in [6.45, 7) is -0.707. The van der Waals surface area contributed by atoms with Gasteiger partial charge in [-0.25, -0.2) is 4.79 Å². The Labute approximate surface area is 200 Å². The molecule has 0 aliphatic rings. The molecule has 1 atom stereocenters. The molecule has 0 saturated carbocycles. The highest BCUT2D eigenvalue weighted by molar-refractivity contribution is 14.1. The van der Waals surface area contributed by atoms with Gasteiger partial charge in [-0.05, 0) is 67.8 Å². The third kappa shape index (κ3) is 5.86. The average Bonchev–Trinajstić information content (AvgIpc) is 2.58. The Kier molecular flexibility index (Phi) is 9.77. The minimum Gasteiger partial charge on any atom is -0.479 e. The molecule has 1 aromatic carbocycles. The van der Waals surface area contributed by atoms with Crippen molar-refractivity contribution in [3.8, 4) is 0 Å². The fourth-order valence-corrected chi connectivity index (χ4v) is 6.52. The first kappa shape index (κ1) is 25.2. The van der Waals surface area contributed by atoms with Crippen LogP contribution in [0.1, 0.15) is 20.7 Å². The molecular formula is C15H16I3N3O7. The molecule has 0 aliphatic carbocycles. The number of likely N-dealkylation sites (N-methyl/N-ethyl adjacent to an activating group) is 1. The van der Waals surface area contributed by atoms with E-state index in [0.29, 0.717) is 7.14 Å². The van der Waals surface area contributed by atoms with Gasteiger partial charge in [0.1, 0.15) is 6.61 Å². The number of aliphatic hydroxyl groups excluding tert-OH is 1. The highest BCUT2D eigenvalue weighted by Gasteiger charge is 2.30. The second kappa shape index (κ2) is 10.8. The molecule has 0 radical (unpaired) electrons. The maximum Gasteiger partial charge on any atom is 0.334 e. The number of halogens is 3. The molecule has 154 valence electrons. The minimum absolute atomic E-state index is 0.0462. The van der Waals surface area contributed by atoms with Gasteiger partial charge >= 0.3 is 5.97 Å². The minimum atomic E-state index is -1.77. The number of nitrogens with two attached hydrogens (primary N) is 1. The summed E-state index contributed by atoms with van der Waals surface area (Å²) in [7, 11) is 2.65. The quantitative estimate of drug-likeness (QED) is 0.287. The number of amides is 3. The Hall–Kier alpha value is -0.790. The van der Waals surface area contributed by atoms with E-state index in [0.717, 1.165) is 4.90 Å². The van der Waals surface area contributed by atoms with Crippen LogP contribution in [0.3, 0.4) is 0 Å². The number of hydrogen-bond donors (Lipinski definition) is 4. The monoisotopic (exact) mass is 731 g/mol. The van der Waals surface area contributed by atoms with Gasteiger partial charge in [-0.2, -0.15) is 0 Å². The van der Waals surface area contributed by atoms with Crippen molar-refractivity contribution in [3.05, 3.63) is 21.8 Å². The van der Waals surface area contributed by atoms with E-state index in [2.05, 4.69) is 5.32 Å². The highest BCUT2D eigenvalue weighted by Crippen LogP contribution is 2.36. The first-order valence-electron chi connectivity index (χ1n) is 7.39. The van der Waals surface area contributed by atoms with Gasteiger partial charge in [-0.1, -0.05) is 0 Å². The van der Waals surface area contributed by atoms with Crippen molar-refractivity contribution in [1.82, 2.24) is 4.90 Å². The Morgan fingerprint density at radius 3 is 2.14 bits per heavy atom. The lowest BCUT2D eigenvalue weighted by Gasteiger charge is -2.23.